The number of thiazole rings is 1. The van der Waals surface area contributed by atoms with Crippen molar-refractivity contribution in [3.8, 4) is 17.0 Å². The van der Waals surface area contributed by atoms with E-state index in [0.29, 0.717) is 31.9 Å². The van der Waals surface area contributed by atoms with Gasteiger partial charge in [0.15, 0.2) is 4.96 Å². The van der Waals surface area contributed by atoms with Crippen LogP contribution in [0.15, 0.2) is 83.2 Å². The quantitative estimate of drug-likeness (QED) is 0.239. The molecule has 3 aromatic carbocycles. The number of benzene rings is 3. The summed E-state index contributed by atoms with van der Waals surface area (Å²) in [5, 5.41) is 4.44. The van der Waals surface area contributed by atoms with Crippen LogP contribution in [0.4, 0.5) is 0 Å². The molecule has 0 aliphatic carbocycles. The molecule has 5 aromatic rings. The highest BCUT2D eigenvalue weighted by Crippen LogP contribution is 2.28. The molecule has 1 aliphatic heterocycles. The Bertz CT molecular complexity index is 1670. The molecular formula is C29H29N3O4S2. The van der Waals surface area contributed by atoms with Crippen molar-refractivity contribution in [2.45, 2.75) is 30.3 Å². The summed E-state index contributed by atoms with van der Waals surface area (Å²) in [6.45, 7) is 1.37. The average Bonchev–Trinajstić information content (AvgIpc) is 3.69. The van der Waals surface area contributed by atoms with Crippen LogP contribution in [0, 0.1) is 0 Å². The molecule has 0 radical (unpaired) electrons. The first-order valence-corrected chi connectivity index (χ1v) is 15.0. The average molecular weight is 548 g/mol. The predicted octanol–water partition coefficient (Wildman–Crippen LogP) is 5.64. The van der Waals surface area contributed by atoms with Gasteiger partial charge in [0.1, 0.15) is 5.75 Å². The van der Waals surface area contributed by atoms with Gasteiger partial charge in [0.25, 0.3) is 0 Å². The van der Waals surface area contributed by atoms with E-state index in [2.05, 4.69) is 40.1 Å². The standard InChI is InChI=1S/C29H29N3O4S2/c1-35-25-10-12-27(13-11-25)38(33,34)31(18-26-7-4-16-36-26)15-14-24-20-37-29-30-28(19-32(24)29)23-9-8-21-5-2-3-6-22(21)17-23/h2-3,5-6,8-13,17,19-20,26H,4,7,14-16,18H2,1H3/t26-/m1/s1. The van der Waals surface area contributed by atoms with Crippen LogP contribution in [0.3, 0.4) is 0 Å². The summed E-state index contributed by atoms with van der Waals surface area (Å²) in [7, 11) is -2.14. The Kier molecular flexibility index (Phi) is 6.92. The second-order valence-corrected chi connectivity index (χ2v) is 12.3. The predicted molar refractivity (Wildman–Crippen MR) is 150 cm³/mol. The van der Waals surface area contributed by atoms with Crippen LogP contribution in [0.1, 0.15) is 18.5 Å². The number of hydrogen-bond acceptors (Lipinski definition) is 6. The van der Waals surface area contributed by atoms with Gasteiger partial charge in [-0.15, -0.1) is 11.3 Å². The molecule has 0 amide bonds. The highest BCUT2D eigenvalue weighted by Gasteiger charge is 2.29. The number of aromatic nitrogens is 2. The van der Waals surface area contributed by atoms with Crippen LogP contribution in [0.5, 0.6) is 5.75 Å². The third-order valence-electron chi connectivity index (χ3n) is 7.07. The number of fused-ring (bicyclic) bond motifs is 2. The molecule has 1 aliphatic rings. The molecule has 1 fully saturated rings. The highest BCUT2D eigenvalue weighted by atomic mass is 32.2. The molecule has 0 saturated carbocycles. The Labute approximate surface area is 226 Å². The van der Waals surface area contributed by atoms with Crippen LogP contribution in [-0.4, -0.2) is 55.0 Å². The van der Waals surface area contributed by atoms with Gasteiger partial charge in [-0.05, 0) is 53.9 Å². The third-order valence-corrected chi connectivity index (χ3v) is 9.84. The SMILES string of the molecule is COc1ccc(S(=O)(=O)N(CCc2csc3nc(-c4ccc5ccccc5c4)cn23)C[C@H]2CCCO2)cc1. The highest BCUT2D eigenvalue weighted by molar-refractivity contribution is 7.89. The van der Waals surface area contributed by atoms with Crippen molar-refractivity contribution >= 4 is 37.1 Å². The Morgan fingerprint density at radius 3 is 2.68 bits per heavy atom. The van der Waals surface area contributed by atoms with E-state index in [-0.39, 0.29) is 11.0 Å². The molecule has 2 aromatic heterocycles. The topological polar surface area (TPSA) is 73.1 Å². The Morgan fingerprint density at radius 2 is 1.92 bits per heavy atom. The first kappa shape index (κ1) is 25.1. The van der Waals surface area contributed by atoms with Gasteiger partial charge in [-0.1, -0.05) is 36.4 Å². The molecule has 0 unspecified atom stereocenters. The smallest absolute Gasteiger partial charge is 0.243 e. The lowest BCUT2D eigenvalue weighted by Gasteiger charge is -2.25. The van der Waals surface area contributed by atoms with E-state index >= 15 is 0 Å². The minimum Gasteiger partial charge on any atom is -0.497 e. The molecule has 196 valence electrons. The Hall–Kier alpha value is -3.24. The summed E-state index contributed by atoms with van der Waals surface area (Å²) in [4.78, 5) is 6.00. The normalized spacial score (nSPS) is 16.1. The maximum atomic E-state index is 13.7. The fraction of sp³-hybridized carbons (Fsp3) is 0.276. The lowest BCUT2D eigenvalue weighted by Crippen LogP contribution is -2.38. The number of imidazole rings is 1. The Balaban J connectivity index is 1.26. The molecule has 7 nitrogen and oxygen atoms in total. The number of hydrogen-bond donors (Lipinski definition) is 0. The molecular weight excluding hydrogens is 518 g/mol. The van der Waals surface area contributed by atoms with Crippen molar-refractivity contribution in [3.63, 3.8) is 0 Å². The number of methoxy groups -OCH3 is 1. The van der Waals surface area contributed by atoms with Crippen LogP contribution in [-0.2, 0) is 21.2 Å². The zero-order valence-electron chi connectivity index (χ0n) is 21.1. The summed E-state index contributed by atoms with van der Waals surface area (Å²) in [5.41, 5.74) is 3.00. The molecule has 1 saturated heterocycles. The number of sulfonamides is 1. The van der Waals surface area contributed by atoms with Gasteiger partial charge < -0.3 is 9.47 Å². The second-order valence-electron chi connectivity index (χ2n) is 9.49. The van der Waals surface area contributed by atoms with Gasteiger partial charge in [0, 0.05) is 49.0 Å². The minimum atomic E-state index is -3.70. The van der Waals surface area contributed by atoms with Gasteiger partial charge in [0.2, 0.25) is 10.0 Å². The van der Waals surface area contributed by atoms with Crippen LogP contribution >= 0.6 is 11.3 Å². The molecule has 1 atom stereocenters. The fourth-order valence-electron chi connectivity index (χ4n) is 4.96. The van der Waals surface area contributed by atoms with E-state index < -0.39 is 10.0 Å². The molecule has 3 heterocycles. The van der Waals surface area contributed by atoms with Crippen molar-refractivity contribution in [1.29, 1.82) is 0 Å². The van der Waals surface area contributed by atoms with E-state index in [1.54, 1.807) is 47.0 Å². The van der Waals surface area contributed by atoms with Gasteiger partial charge in [-0.25, -0.2) is 13.4 Å². The molecule has 6 rings (SSSR count). The molecule has 0 N–H and O–H groups in total. The van der Waals surface area contributed by atoms with Crippen LogP contribution in [0.2, 0.25) is 0 Å². The minimum absolute atomic E-state index is 0.0849. The first-order valence-electron chi connectivity index (χ1n) is 12.7. The van der Waals surface area contributed by atoms with Crippen molar-refractivity contribution in [2.75, 3.05) is 26.8 Å². The van der Waals surface area contributed by atoms with E-state index in [1.165, 1.54) is 10.8 Å². The molecule has 9 heteroatoms. The monoisotopic (exact) mass is 547 g/mol. The number of ether oxygens (including phenoxy) is 2. The van der Waals surface area contributed by atoms with Crippen molar-refractivity contribution in [3.05, 3.63) is 84.0 Å². The fourth-order valence-corrected chi connectivity index (χ4v) is 7.34. The van der Waals surface area contributed by atoms with E-state index in [9.17, 15) is 8.42 Å². The molecule has 0 bridgehead atoms. The van der Waals surface area contributed by atoms with Gasteiger partial charge in [-0.2, -0.15) is 4.31 Å². The van der Waals surface area contributed by atoms with Gasteiger partial charge in [-0.3, -0.25) is 4.40 Å². The molecule has 38 heavy (non-hydrogen) atoms. The van der Waals surface area contributed by atoms with Gasteiger partial charge in [0.05, 0.1) is 23.8 Å². The zero-order valence-corrected chi connectivity index (χ0v) is 22.7. The van der Waals surface area contributed by atoms with E-state index in [4.69, 9.17) is 14.5 Å². The largest absolute Gasteiger partial charge is 0.497 e. The first-order chi connectivity index (χ1) is 18.5. The summed E-state index contributed by atoms with van der Waals surface area (Å²) in [6.07, 6.45) is 4.36. The van der Waals surface area contributed by atoms with Gasteiger partial charge >= 0.3 is 0 Å². The maximum absolute atomic E-state index is 13.7. The maximum Gasteiger partial charge on any atom is 0.243 e. The second kappa shape index (κ2) is 10.5. The summed E-state index contributed by atoms with van der Waals surface area (Å²) in [6, 6.07) is 21.2. The van der Waals surface area contributed by atoms with Crippen molar-refractivity contribution in [2.24, 2.45) is 0 Å². The summed E-state index contributed by atoms with van der Waals surface area (Å²) >= 11 is 1.57. The Morgan fingerprint density at radius 1 is 1.11 bits per heavy atom. The lowest BCUT2D eigenvalue weighted by molar-refractivity contribution is 0.0939. The van der Waals surface area contributed by atoms with E-state index in [0.717, 1.165) is 34.8 Å². The van der Waals surface area contributed by atoms with Crippen molar-refractivity contribution < 1.29 is 17.9 Å². The lowest BCUT2D eigenvalue weighted by atomic mass is 10.1. The van der Waals surface area contributed by atoms with E-state index in [1.807, 2.05) is 18.3 Å². The molecule has 0 spiro atoms. The van der Waals surface area contributed by atoms with Crippen LogP contribution in [0.25, 0.3) is 27.0 Å². The third kappa shape index (κ3) is 4.94. The van der Waals surface area contributed by atoms with Crippen LogP contribution < -0.4 is 4.74 Å². The summed E-state index contributed by atoms with van der Waals surface area (Å²) in [5.74, 6) is 0.623. The summed E-state index contributed by atoms with van der Waals surface area (Å²) < 4.78 is 42.0. The number of nitrogens with zero attached hydrogens (tertiary/aromatic N) is 3. The van der Waals surface area contributed by atoms with Crippen molar-refractivity contribution in [1.82, 2.24) is 13.7 Å². The zero-order chi connectivity index (χ0) is 26.1. The number of rotatable bonds is 9.